The van der Waals surface area contributed by atoms with Crippen molar-refractivity contribution in [1.29, 1.82) is 5.53 Å². The van der Waals surface area contributed by atoms with E-state index in [2.05, 4.69) is 10.4 Å². The summed E-state index contributed by atoms with van der Waals surface area (Å²) >= 11 is 0. The van der Waals surface area contributed by atoms with Crippen molar-refractivity contribution in [3.8, 4) is 5.75 Å². The summed E-state index contributed by atoms with van der Waals surface area (Å²) in [5, 5.41) is 15.9. The van der Waals surface area contributed by atoms with E-state index in [1.54, 1.807) is 26.1 Å². The second-order valence-electron chi connectivity index (χ2n) is 6.61. The molecule has 0 bridgehead atoms. The highest BCUT2D eigenvalue weighted by molar-refractivity contribution is 5.76. The summed E-state index contributed by atoms with van der Waals surface area (Å²) < 4.78 is 50.1. The van der Waals surface area contributed by atoms with Gasteiger partial charge in [0.1, 0.15) is 17.1 Å². The monoisotopic (exact) mass is 439 g/mol. The van der Waals surface area contributed by atoms with E-state index >= 15 is 0 Å². The van der Waals surface area contributed by atoms with Crippen molar-refractivity contribution in [2.45, 2.75) is 32.0 Å². The Balaban J connectivity index is 2.67. The minimum absolute atomic E-state index is 0.149. The van der Waals surface area contributed by atoms with Gasteiger partial charge in [-0.3, -0.25) is 4.79 Å². The van der Waals surface area contributed by atoms with E-state index in [-0.39, 0.29) is 24.3 Å². The average molecular weight is 439 g/mol. The van der Waals surface area contributed by atoms with Crippen LogP contribution in [0.5, 0.6) is 5.75 Å². The van der Waals surface area contributed by atoms with Gasteiger partial charge in [-0.2, -0.15) is 18.3 Å². The molecule has 2 aromatic carbocycles. The smallest absolute Gasteiger partial charge is 0.416 e. The lowest BCUT2D eigenvalue weighted by Crippen LogP contribution is -2.14. The Morgan fingerprint density at radius 1 is 1.26 bits per heavy atom. The van der Waals surface area contributed by atoms with E-state index in [1.165, 1.54) is 19.2 Å². The number of methoxy groups -OCH3 is 1. The summed E-state index contributed by atoms with van der Waals surface area (Å²) in [4.78, 5) is 12.3. The zero-order valence-electron chi connectivity index (χ0n) is 17.3. The molecule has 0 fully saturated rings. The van der Waals surface area contributed by atoms with Gasteiger partial charge >= 0.3 is 12.1 Å². The summed E-state index contributed by atoms with van der Waals surface area (Å²) in [6.07, 6.45) is -4.79. The van der Waals surface area contributed by atoms with Crippen molar-refractivity contribution < 1.29 is 32.5 Å². The van der Waals surface area contributed by atoms with Gasteiger partial charge in [0, 0.05) is 13.0 Å². The van der Waals surface area contributed by atoms with Gasteiger partial charge in [-0.05, 0) is 41.8 Å². The van der Waals surface area contributed by atoms with Gasteiger partial charge in [0.25, 0.3) is 0 Å². The third kappa shape index (κ3) is 5.52. The zero-order chi connectivity index (χ0) is 23.2. The van der Waals surface area contributed by atoms with Gasteiger partial charge in [-0.25, -0.2) is 5.53 Å². The summed E-state index contributed by atoms with van der Waals surface area (Å²) in [6, 6.07) is 6.56. The number of hydrogen-bond acceptors (Lipinski definition) is 7. The number of carbonyl (C=O) groups is 1. The number of hydrogen-bond donors (Lipinski definition) is 3. The fraction of sp³-hybridized carbons (Fsp3) is 0.381. The lowest BCUT2D eigenvalue weighted by Gasteiger charge is -2.22. The highest BCUT2D eigenvalue weighted by atomic mass is 19.4. The number of halogens is 3. The topological polar surface area (TPSA) is 104 Å². The minimum atomic E-state index is -4.62. The Morgan fingerprint density at radius 3 is 2.48 bits per heavy atom. The number of aliphatic hydroxyl groups excluding tert-OH is 1. The van der Waals surface area contributed by atoms with E-state index in [4.69, 9.17) is 15.0 Å². The third-order valence-corrected chi connectivity index (χ3v) is 4.78. The second kappa shape index (κ2) is 10.3. The minimum Gasteiger partial charge on any atom is -0.494 e. The summed E-state index contributed by atoms with van der Waals surface area (Å²) in [5.74, 6) is -0.903. The third-order valence-electron chi connectivity index (χ3n) is 4.78. The van der Waals surface area contributed by atoms with Crippen LogP contribution >= 0.6 is 0 Å². The fourth-order valence-electron chi connectivity index (χ4n) is 3.38. The number of aliphatic hydroxyl groups is 1. The molecule has 7 nitrogen and oxygen atoms in total. The molecule has 1 unspecified atom stereocenters. The quantitative estimate of drug-likeness (QED) is 0.377. The molecule has 0 radical (unpaired) electrons. The Hall–Kier alpha value is -3.14. The molecule has 3 N–H and O–H groups in total. The molecule has 1 atom stereocenters. The van der Waals surface area contributed by atoms with Gasteiger partial charge in [-0.15, -0.1) is 0 Å². The molecule has 31 heavy (non-hydrogen) atoms. The van der Waals surface area contributed by atoms with Gasteiger partial charge in [-0.1, -0.05) is 12.1 Å². The molecule has 0 aromatic heterocycles. The Bertz CT molecular complexity index is 948. The highest BCUT2D eigenvalue weighted by Crippen LogP contribution is 2.42. The molecule has 0 heterocycles. The van der Waals surface area contributed by atoms with Crippen LogP contribution in [0.25, 0.3) is 0 Å². The van der Waals surface area contributed by atoms with Crippen LogP contribution in [0.15, 0.2) is 35.4 Å². The zero-order valence-corrected chi connectivity index (χ0v) is 17.3. The van der Waals surface area contributed by atoms with E-state index in [0.717, 1.165) is 6.07 Å². The van der Waals surface area contributed by atoms with Gasteiger partial charge in [0.15, 0.2) is 0 Å². The number of rotatable bonds is 9. The van der Waals surface area contributed by atoms with Gasteiger partial charge < -0.3 is 19.9 Å². The van der Waals surface area contributed by atoms with Crippen LogP contribution in [0.2, 0.25) is 0 Å². The van der Waals surface area contributed by atoms with Crippen LogP contribution in [-0.2, 0) is 22.3 Å². The number of nitrogens with zero attached hydrogens (tertiary/aromatic N) is 1. The summed E-state index contributed by atoms with van der Waals surface area (Å²) in [6.45, 7) is 0.983. The molecule has 0 aliphatic carbocycles. The fourth-order valence-corrected chi connectivity index (χ4v) is 3.38. The Morgan fingerprint density at radius 2 is 1.97 bits per heavy atom. The second-order valence-corrected chi connectivity index (χ2v) is 6.61. The normalized spacial score (nSPS) is 12.2. The first-order valence-corrected chi connectivity index (χ1v) is 9.43. The Labute approximate surface area is 177 Å². The van der Waals surface area contributed by atoms with Crippen LogP contribution in [0.1, 0.15) is 41.5 Å². The summed E-state index contributed by atoms with van der Waals surface area (Å²) in [7, 11) is 3.06. The predicted molar refractivity (Wildman–Crippen MR) is 108 cm³/mol. The van der Waals surface area contributed by atoms with Crippen molar-refractivity contribution >= 4 is 17.3 Å². The predicted octanol–water partition coefficient (Wildman–Crippen LogP) is 5.00. The van der Waals surface area contributed by atoms with Crippen molar-refractivity contribution in [2.24, 2.45) is 5.11 Å². The maximum atomic E-state index is 13.2. The first-order chi connectivity index (χ1) is 14.7. The van der Waals surface area contributed by atoms with E-state index in [9.17, 15) is 23.1 Å². The molecule has 0 saturated carbocycles. The highest BCUT2D eigenvalue weighted by Gasteiger charge is 2.34. The molecule has 2 rings (SSSR count). The molecular weight excluding hydrogens is 415 g/mol. The number of anilines is 1. The molecule has 0 saturated heterocycles. The van der Waals surface area contributed by atoms with Crippen molar-refractivity contribution in [2.75, 3.05) is 26.1 Å². The summed E-state index contributed by atoms with van der Waals surface area (Å²) in [5.41, 5.74) is 7.77. The van der Waals surface area contributed by atoms with Crippen LogP contribution in [0.4, 0.5) is 24.5 Å². The number of benzene rings is 2. The van der Waals surface area contributed by atoms with Gasteiger partial charge in [0.05, 0.1) is 32.3 Å². The molecule has 0 aliphatic rings. The number of esters is 1. The largest absolute Gasteiger partial charge is 0.494 e. The van der Waals surface area contributed by atoms with Crippen LogP contribution in [0.3, 0.4) is 0 Å². The van der Waals surface area contributed by atoms with Gasteiger partial charge in [0.2, 0.25) is 0 Å². The number of carbonyl (C=O) groups excluding carboxylic acids is 1. The van der Waals surface area contributed by atoms with Crippen molar-refractivity contribution in [1.82, 2.24) is 0 Å². The average Bonchev–Trinajstić information content (AvgIpc) is 2.75. The first kappa shape index (κ1) is 24.1. The van der Waals surface area contributed by atoms with Crippen LogP contribution in [-0.4, -0.2) is 31.8 Å². The number of alkyl halides is 3. The molecule has 10 heteroatoms. The van der Waals surface area contributed by atoms with E-state index in [0.29, 0.717) is 22.6 Å². The maximum absolute atomic E-state index is 13.2. The van der Waals surface area contributed by atoms with Crippen LogP contribution in [0, 0.1) is 5.53 Å². The lowest BCUT2D eigenvalue weighted by molar-refractivity contribution is -0.143. The molecule has 0 spiro atoms. The standard InChI is InChI=1S/C21H24F3N3O4/c1-4-31-19(29)10-15(12-5-6-16(21(22,23)24)14(7-12)11-28)13-8-17(27-25)20(26-2)18(9-13)30-3/h5-9,15,25-26,28H,4,10-11H2,1-3H3. The van der Waals surface area contributed by atoms with Crippen molar-refractivity contribution in [3.05, 3.63) is 52.6 Å². The molecular formula is C21H24F3N3O4. The van der Waals surface area contributed by atoms with Crippen molar-refractivity contribution in [3.63, 3.8) is 0 Å². The number of ether oxygens (including phenoxy) is 2. The van der Waals surface area contributed by atoms with E-state index in [1.807, 2.05) is 0 Å². The van der Waals surface area contributed by atoms with E-state index < -0.39 is 30.2 Å². The Kier molecular flexibility index (Phi) is 7.98. The molecule has 2 aromatic rings. The maximum Gasteiger partial charge on any atom is 0.416 e. The SMILES string of the molecule is CCOC(=O)CC(c1ccc(C(F)(F)F)c(CO)c1)c1cc(N=N)c(NC)c(OC)c1. The lowest BCUT2D eigenvalue weighted by atomic mass is 9.86. The number of nitrogens with one attached hydrogen (secondary N) is 2. The molecule has 0 amide bonds. The molecule has 168 valence electrons. The van der Waals surface area contributed by atoms with Crippen LogP contribution < -0.4 is 10.1 Å². The first-order valence-electron chi connectivity index (χ1n) is 9.43. The molecule has 0 aliphatic heterocycles.